The number of rotatable bonds is 6. The number of aryl methyl sites for hydroxylation is 4. The average Bonchev–Trinajstić information content (AvgIpc) is 3.14. The lowest BCUT2D eigenvalue weighted by atomic mass is 9.91. The van der Waals surface area contributed by atoms with Crippen molar-refractivity contribution in [3.05, 3.63) is 65.0 Å². The number of ether oxygens (including phenoxy) is 2. The van der Waals surface area contributed by atoms with Gasteiger partial charge in [-0.3, -0.25) is 4.98 Å². The summed E-state index contributed by atoms with van der Waals surface area (Å²) in [5.74, 6) is 0. The lowest BCUT2D eigenvalue weighted by molar-refractivity contribution is 0.0914. The highest BCUT2D eigenvalue weighted by atomic mass is 16.5. The van der Waals surface area contributed by atoms with E-state index in [2.05, 4.69) is 68.8 Å². The summed E-state index contributed by atoms with van der Waals surface area (Å²) in [6.07, 6.45) is 4.07. The first-order valence-corrected chi connectivity index (χ1v) is 10.4. The van der Waals surface area contributed by atoms with Crippen LogP contribution in [0.5, 0.6) is 0 Å². The molecular formula is C26H30N2O2. The van der Waals surface area contributed by atoms with Gasteiger partial charge in [-0.25, -0.2) is 0 Å². The maximum absolute atomic E-state index is 5.49. The predicted molar refractivity (Wildman–Crippen MR) is 124 cm³/mol. The topological polar surface area (TPSA) is 36.3 Å². The van der Waals surface area contributed by atoms with Gasteiger partial charge in [0, 0.05) is 37.4 Å². The normalized spacial score (nSPS) is 11.8. The van der Waals surface area contributed by atoms with Gasteiger partial charge in [0.05, 0.1) is 30.3 Å². The second-order valence-electron chi connectivity index (χ2n) is 8.27. The van der Waals surface area contributed by atoms with Crippen molar-refractivity contribution in [3.63, 3.8) is 0 Å². The number of benzene rings is 2. The van der Waals surface area contributed by atoms with Gasteiger partial charge in [0.1, 0.15) is 0 Å². The third kappa shape index (κ3) is 3.40. The molecule has 0 unspecified atom stereocenters. The summed E-state index contributed by atoms with van der Waals surface area (Å²) < 4.78 is 13.2. The molecule has 0 radical (unpaired) electrons. The molecule has 4 rings (SSSR count). The van der Waals surface area contributed by atoms with Crippen LogP contribution in [0.15, 0.2) is 42.7 Å². The standard InChI is InChI=1S/C26H30N2O2/c1-16-11-18(3)24(19(4)12-16)22-7-9-27-25-23(22)13-17(2)21-8-10-28(26(21)25)20(14-29-5)15-30-6/h7-13,20H,14-15H2,1-6H3. The Labute approximate surface area is 178 Å². The molecule has 0 N–H and O–H groups in total. The maximum Gasteiger partial charge on any atom is 0.0951 e. The Bertz CT molecular complexity index is 1190. The van der Waals surface area contributed by atoms with Crippen molar-refractivity contribution in [2.24, 2.45) is 0 Å². The first-order valence-electron chi connectivity index (χ1n) is 10.4. The molecule has 0 saturated carbocycles. The van der Waals surface area contributed by atoms with Crippen LogP contribution < -0.4 is 0 Å². The number of methoxy groups -OCH3 is 2. The Morgan fingerprint density at radius 2 is 1.53 bits per heavy atom. The lowest BCUT2D eigenvalue weighted by Gasteiger charge is -2.20. The molecule has 0 atom stereocenters. The Hall–Kier alpha value is -2.69. The van der Waals surface area contributed by atoms with Gasteiger partial charge in [0.15, 0.2) is 0 Å². The molecule has 30 heavy (non-hydrogen) atoms. The van der Waals surface area contributed by atoms with Gasteiger partial charge < -0.3 is 14.0 Å². The molecule has 156 valence electrons. The number of pyridine rings is 1. The van der Waals surface area contributed by atoms with Crippen molar-refractivity contribution in [3.8, 4) is 11.1 Å². The van der Waals surface area contributed by atoms with Gasteiger partial charge in [-0.05, 0) is 73.7 Å². The molecule has 0 fully saturated rings. The largest absolute Gasteiger partial charge is 0.382 e. The van der Waals surface area contributed by atoms with Gasteiger partial charge in [-0.2, -0.15) is 0 Å². The first kappa shape index (κ1) is 20.6. The van der Waals surface area contributed by atoms with Gasteiger partial charge in [-0.1, -0.05) is 17.7 Å². The summed E-state index contributed by atoms with van der Waals surface area (Å²) in [5, 5.41) is 2.41. The molecular weight excluding hydrogens is 372 g/mol. The van der Waals surface area contributed by atoms with Crippen LogP contribution in [-0.2, 0) is 9.47 Å². The minimum atomic E-state index is 0.0933. The fourth-order valence-electron chi connectivity index (χ4n) is 4.84. The summed E-state index contributed by atoms with van der Waals surface area (Å²) in [7, 11) is 3.47. The smallest absolute Gasteiger partial charge is 0.0951 e. The summed E-state index contributed by atoms with van der Waals surface area (Å²) in [4.78, 5) is 4.85. The Morgan fingerprint density at radius 3 is 2.17 bits per heavy atom. The summed E-state index contributed by atoms with van der Waals surface area (Å²) in [6.45, 7) is 9.90. The van der Waals surface area contributed by atoms with Crippen LogP contribution >= 0.6 is 0 Å². The van der Waals surface area contributed by atoms with Crippen LogP contribution in [0.3, 0.4) is 0 Å². The highest BCUT2D eigenvalue weighted by molar-refractivity contribution is 6.10. The molecule has 4 nitrogen and oxygen atoms in total. The van der Waals surface area contributed by atoms with Crippen LogP contribution in [-0.4, -0.2) is 37.0 Å². The zero-order chi connectivity index (χ0) is 21.4. The maximum atomic E-state index is 5.49. The van der Waals surface area contributed by atoms with E-state index in [0.717, 1.165) is 11.0 Å². The van der Waals surface area contributed by atoms with E-state index in [9.17, 15) is 0 Å². The fourth-order valence-corrected chi connectivity index (χ4v) is 4.84. The van der Waals surface area contributed by atoms with E-state index in [-0.39, 0.29) is 6.04 Å². The van der Waals surface area contributed by atoms with Crippen molar-refractivity contribution in [1.29, 1.82) is 0 Å². The van der Waals surface area contributed by atoms with Gasteiger partial charge in [0.25, 0.3) is 0 Å². The number of fused-ring (bicyclic) bond motifs is 3. The number of aromatic nitrogens is 2. The Kier molecular flexibility index (Phi) is 5.63. The molecule has 2 heterocycles. The van der Waals surface area contributed by atoms with Crippen LogP contribution in [0.25, 0.3) is 32.9 Å². The molecule has 0 aliphatic heterocycles. The number of nitrogens with zero attached hydrogens (tertiary/aromatic N) is 2. The number of hydrogen-bond donors (Lipinski definition) is 0. The van der Waals surface area contributed by atoms with Crippen molar-refractivity contribution < 1.29 is 9.47 Å². The second kappa shape index (κ2) is 8.21. The molecule has 0 bridgehead atoms. The van der Waals surface area contributed by atoms with E-state index >= 15 is 0 Å². The monoisotopic (exact) mass is 402 g/mol. The summed E-state index contributed by atoms with van der Waals surface area (Å²) in [6, 6.07) is 11.2. The predicted octanol–water partition coefficient (Wildman–Crippen LogP) is 5.92. The molecule has 0 amide bonds. The average molecular weight is 403 g/mol. The zero-order valence-electron chi connectivity index (χ0n) is 18.7. The van der Waals surface area contributed by atoms with Crippen LogP contribution in [0.1, 0.15) is 28.3 Å². The van der Waals surface area contributed by atoms with Crippen LogP contribution in [0.2, 0.25) is 0 Å². The highest BCUT2D eigenvalue weighted by Crippen LogP contribution is 2.38. The van der Waals surface area contributed by atoms with Gasteiger partial charge >= 0.3 is 0 Å². The van der Waals surface area contributed by atoms with Crippen molar-refractivity contribution in [2.45, 2.75) is 33.7 Å². The third-order valence-corrected chi connectivity index (χ3v) is 5.97. The van der Waals surface area contributed by atoms with Crippen molar-refractivity contribution >= 4 is 21.8 Å². The minimum Gasteiger partial charge on any atom is -0.382 e. The van der Waals surface area contributed by atoms with Crippen molar-refractivity contribution in [1.82, 2.24) is 9.55 Å². The SMILES string of the molecule is COCC(COC)n1ccc2c(C)cc3c(-c4c(C)cc(C)cc4C)ccnc3c21. The van der Waals surface area contributed by atoms with Gasteiger partial charge in [0.2, 0.25) is 0 Å². The minimum absolute atomic E-state index is 0.0933. The zero-order valence-corrected chi connectivity index (χ0v) is 18.7. The Morgan fingerprint density at radius 1 is 0.867 bits per heavy atom. The van der Waals surface area contributed by atoms with Crippen molar-refractivity contribution in [2.75, 3.05) is 27.4 Å². The van der Waals surface area contributed by atoms with E-state index in [1.807, 2.05) is 6.20 Å². The van der Waals surface area contributed by atoms with E-state index in [1.165, 1.54) is 44.2 Å². The quantitative estimate of drug-likeness (QED) is 0.401. The lowest BCUT2D eigenvalue weighted by Crippen LogP contribution is -2.19. The highest BCUT2D eigenvalue weighted by Gasteiger charge is 2.19. The molecule has 4 heteroatoms. The molecule has 4 aromatic rings. The Balaban J connectivity index is 2.05. The van der Waals surface area contributed by atoms with Crippen LogP contribution in [0.4, 0.5) is 0 Å². The van der Waals surface area contributed by atoms with E-state index in [4.69, 9.17) is 14.5 Å². The summed E-state index contributed by atoms with van der Waals surface area (Å²) >= 11 is 0. The molecule has 0 saturated heterocycles. The molecule has 0 aliphatic rings. The molecule has 2 aromatic heterocycles. The first-order chi connectivity index (χ1) is 14.5. The summed E-state index contributed by atoms with van der Waals surface area (Å²) in [5.41, 5.74) is 9.85. The van der Waals surface area contributed by atoms with Gasteiger partial charge in [-0.15, -0.1) is 0 Å². The fraction of sp³-hybridized carbons (Fsp3) is 0.346. The molecule has 2 aromatic carbocycles. The van der Waals surface area contributed by atoms with E-state index in [0.29, 0.717) is 13.2 Å². The molecule has 0 spiro atoms. The molecule has 0 aliphatic carbocycles. The third-order valence-electron chi connectivity index (χ3n) is 5.97. The number of hydrogen-bond acceptors (Lipinski definition) is 3. The second-order valence-corrected chi connectivity index (χ2v) is 8.27. The van der Waals surface area contributed by atoms with E-state index in [1.54, 1.807) is 14.2 Å². The van der Waals surface area contributed by atoms with Crippen LogP contribution in [0, 0.1) is 27.7 Å². The van der Waals surface area contributed by atoms with E-state index < -0.39 is 0 Å².